The highest BCUT2D eigenvalue weighted by Crippen LogP contribution is 2.31. The minimum Gasteiger partial charge on any atom is -0.368 e. The Balaban J connectivity index is 5.71. The molecule has 0 N–H and O–H groups in total. The van der Waals surface area contributed by atoms with Gasteiger partial charge in [0.1, 0.15) is 5.70 Å². The van der Waals surface area contributed by atoms with Gasteiger partial charge in [0.05, 0.1) is 4.92 Å². The summed E-state index contributed by atoms with van der Waals surface area (Å²) in [6.07, 6.45) is 0.831. The summed E-state index contributed by atoms with van der Waals surface area (Å²) in [5.74, 6) is -2.97. The lowest BCUT2D eigenvalue weighted by Gasteiger charge is -2.19. The van der Waals surface area contributed by atoms with E-state index in [0.717, 1.165) is 6.08 Å². The summed E-state index contributed by atoms with van der Waals surface area (Å²) >= 11 is 8.48. The van der Waals surface area contributed by atoms with Gasteiger partial charge in [-0.3, -0.25) is 10.1 Å². The van der Waals surface area contributed by atoms with Gasteiger partial charge in [0.2, 0.25) is 0 Å². The van der Waals surface area contributed by atoms with Crippen molar-refractivity contribution in [1.82, 2.24) is 4.90 Å². The van der Waals surface area contributed by atoms with E-state index in [0.29, 0.717) is 13.5 Å². The molecule has 0 spiro atoms. The number of halogens is 4. The monoisotopic (exact) mass is 372 g/mol. The molecule has 0 saturated carbocycles. The van der Waals surface area contributed by atoms with Gasteiger partial charge in [-0.1, -0.05) is 22.5 Å². The molecular formula is C12H16BrClF2N2O2. The van der Waals surface area contributed by atoms with E-state index in [1.165, 1.54) is 11.8 Å². The van der Waals surface area contributed by atoms with Crippen molar-refractivity contribution in [2.24, 2.45) is 0 Å². The maximum atomic E-state index is 13.5. The van der Waals surface area contributed by atoms with Gasteiger partial charge in [0.25, 0.3) is 11.6 Å². The Morgan fingerprint density at radius 2 is 2.10 bits per heavy atom. The van der Waals surface area contributed by atoms with Crippen LogP contribution in [0.3, 0.4) is 0 Å². The molecule has 0 rings (SSSR count). The molecule has 0 radical (unpaired) electrons. The Kier molecular flexibility index (Phi) is 7.37. The van der Waals surface area contributed by atoms with Gasteiger partial charge in [0.15, 0.2) is 0 Å². The topological polar surface area (TPSA) is 46.4 Å². The number of hydrogen-bond donors (Lipinski definition) is 0. The number of hydrogen-bond acceptors (Lipinski definition) is 3. The molecule has 0 saturated heterocycles. The standard InChI is InChI=1S/C12H16BrClF2N2O2/c1-8(13)10(12(3,15)16)7-11(18(19)20)9(2)17(4)6-5-14/h7H,2,5-6H2,1,3-4H3/b10-8-,11-7+. The fraction of sp³-hybridized carbons (Fsp3) is 0.500. The summed E-state index contributed by atoms with van der Waals surface area (Å²) in [5.41, 5.74) is -0.941. The predicted molar refractivity (Wildman–Crippen MR) is 79.8 cm³/mol. The summed E-state index contributed by atoms with van der Waals surface area (Å²) in [6, 6.07) is 0. The molecule has 20 heavy (non-hydrogen) atoms. The van der Waals surface area contributed by atoms with Crippen molar-refractivity contribution in [3.63, 3.8) is 0 Å². The maximum absolute atomic E-state index is 13.5. The van der Waals surface area contributed by atoms with E-state index >= 15 is 0 Å². The lowest BCUT2D eigenvalue weighted by molar-refractivity contribution is -0.422. The highest BCUT2D eigenvalue weighted by molar-refractivity contribution is 9.11. The van der Waals surface area contributed by atoms with E-state index in [1.54, 1.807) is 7.05 Å². The van der Waals surface area contributed by atoms with E-state index in [4.69, 9.17) is 11.6 Å². The molecule has 0 aliphatic rings. The molecule has 0 aromatic heterocycles. The molecule has 0 amide bonds. The zero-order valence-corrected chi connectivity index (χ0v) is 13.8. The number of allylic oxidation sites excluding steroid dienone is 3. The third kappa shape index (κ3) is 5.58. The fourth-order valence-electron chi connectivity index (χ4n) is 1.36. The highest BCUT2D eigenvalue weighted by atomic mass is 79.9. The van der Waals surface area contributed by atoms with Crippen LogP contribution < -0.4 is 0 Å². The molecule has 0 aliphatic heterocycles. The van der Waals surface area contributed by atoms with Gasteiger partial charge in [-0.2, -0.15) is 0 Å². The smallest absolute Gasteiger partial charge is 0.292 e. The molecule has 0 aliphatic carbocycles. The van der Waals surface area contributed by atoms with Crippen molar-refractivity contribution in [2.75, 3.05) is 19.5 Å². The van der Waals surface area contributed by atoms with Crippen LogP contribution in [0.2, 0.25) is 0 Å². The molecule has 4 nitrogen and oxygen atoms in total. The quantitative estimate of drug-likeness (QED) is 0.291. The summed E-state index contributed by atoms with van der Waals surface area (Å²) in [6.45, 7) is 5.95. The number of nitro groups is 1. The van der Waals surface area contributed by atoms with Gasteiger partial charge >= 0.3 is 0 Å². The number of alkyl halides is 3. The SMILES string of the molecule is C=C(/C(=C\C(=C(/C)Br)C(C)(F)F)[N+](=O)[O-])N(C)CCCl. The Morgan fingerprint density at radius 3 is 2.40 bits per heavy atom. The van der Waals surface area contributed by atoms with Crippen molar-refractivity contribution < 1.29 is 13.7 Å². The van der Waals surface area contributed by atoms with Crippen LogP contribution in [-0.4, -0.2) is 35.2 Å². The molecule has 114 valence electrons. The first-order valence-electron chi connectivity index (χ1n) is 5.59. The number of nitrogens with zero attached hydrogens (tertiary/aromatic N) is 2. The third-order valence-corrected chi connectivity index (χ3v) is 3.09. The Bertz CT molecular complexity index is 455. The largest absolute Gasteiger partial charge is 0.368 e. The van der Waals surface area contributed by atoms with E-state index in [9.17, 15) is 18.9 Å². The average molecular weight is 374 g/mol. The summed E-state index contributed by atoms with van der Waals surface area (Å²) in [4.78, 5) is 11.8. The second-order valence-electron chi connectivity index (χ2n) is 4.18. The van der Waals surface area contributed by atoms with E-state index in [1.807, 2.05) is 0 Å². The molecule has 0 unspecified atom stereocenters. The van der Waals surface area contributed by atoms with Gasteiger partial charge in [-0.05, 0) is 6.92 Å². The van der Waals surface area contributed by atoms with Gasteiger partial charge in [-0.15, -0.1) is 11.6 Å². The van der Waals surface area contributed by atoms with Crippen molar-refractivity contribution in [1.29, 1.82) is 0 Å². The fourth-order valence-corrected chi connectivity index (χ4v) is 2.08. The predicted octanol–water partition coefficient (Wildman–Crippen LogP) is 4.16. The van der Waals surface area contributed by atoms with Crippen molar-refractivity contribution in [3.05, 3.63) is 44.2 Å². The van der Waals surface area contributed by atoms with E-state index in [2.05, 4.69) is 22.5 Å². The van der Waals surface area contributed by atoms with Crippen LogP contribution in [-0.2, 0) is 0 Å². The van der Waals surface area contributed by atoms with Crippen LogP contribution in [0.5, 0.6) is 0 Å². The second-order valence-corrected chi connectivity index (χ2v) is 5.75. The van der Waals surface area contributed by atoms with Crippen LogP contribution in [0, 0.1) is 10.1 Å². The second kappa shape index (κ2) is 7.73. The zero-order chi connectivity index (χ0) is 16.1. The van der Waals surface area contributed by atoms with Gasteiger partial charge in [-0.25, -0.2) is 8.78 Å². The molecule has 0 fully saturated rings. The van der Waals surface area contributed by atoms with Crippen molar-refractivity contribution >= 4 is 27.5 Å². The van der Waals surface area contributed by atoms with Crippen LogP contribution in [0.4, 0.5) is 8.78 Å². The Labute approximate surface area is 130 Å². The zero-order valence-electron chi connectivity index (χ0n) is 11.4. The van der Waals surface area contributed by atoms with E-state index < -0.39 is 22.1 Å². The van der Waals surface area contributed by atoms with Crippen LogP contribution in [0.15, 0.2) is 34.1 Å². The molecule has 0 bridgehead atoms. The highest BCUT2D eigenvalue weighted by Gasteiger charge is 2.31. The van der Waals surface area contributed by atoms with E-state index in [-0.39, 0.29) is 16.1 Å². The number of likely N-dealkylation sites (N-methyl/N-ethyl adjacent to an activating group) is 1. The molecule has 0 aromatic rings. The normalized spacial score (nSPS) is 13.8. The first kappa shape index (κ1) is 19.1. The lowest BCUT2D eigenvalue weighted by atomic mass is 10.1. The minimum atomic E-state index is -3.21. The summed E-state index contributed by atoms with van der Waals surface area (Å²) in [7, 11) is 1.55. The molecule has 8 heteroatoms. The summed E-state index contributed by atoms with van der Waals surface area (Å²) in [5, 5.41) is 11.1. The molecule has 0 aromatic carbocycles. The maximum Gasteiger partial charge on any atom is 0.292 e. The Hall–Kier alpha value is -0.950. The van der Waals surface area contributed by atoms with Gasteiger partial charge < -0.3 is 4.90 Å². The van der Waals surface area contributed by atoms with Crippen molar-refractivity contribution in [2.45, 2.75) is 19.8 Å². The van der Waals surface area contributed by atoms with Crippen molar-refractivity contribution in [3.8, 4) is 0 Å². The van der Waals surface area contributed by atoms with Gasteiger partial charge in [0, 0.05) is 42.5 Å². The average Bonchev–Trinajstić information content (AvgIpc) is 2.26. The third-order valence-electron chi connectivity index (χ3n) is 2.50. The minimum absolute atomic E-state index is 0.0196. The lowest BCUT2D eigenvalue weighted by Crippen LogP contribution is -2.24. The first-order valence-corrected chi connectivity index (χ1v) is 6.92. The Morgan fingerprint density at radius 1 is 1.60 bits per heavy atom. The molecular weight excluding hydrogens is 357 g/mol. The number of rotatable bonds is 7. The molecule has 0 heterocycles. The summed E-state index contributed by atoms with van der Waals surface area (Å²) < 4.78 is 27.0. The molecule has 0 atom stereocenters. The first-order chi connectivity index (χ1) is 9.02. The van der Waals surface area contributed by atoms with Crippen LogP contribution in [0.25, 0.3) is 0 Å². The van der Waals surface area contributed by atoms with Crippen LogP contribution >= 0.6 is 27.5 Å². The van der Waals surface area contributed by atoms with Crippen LogP contribution in [0.1, 0.15) is 13.8 Å².